The predicted molar refractivity (Wildman–Crippen MR) is 113 cm³/mol. The summed E-state index contributed by atoms with van der Waals surface area (Å²) in [4.78, 5) is 34.0. The average molecular weight is 418 g/mol. The van der Waals surface area contributed by atoms with Crippen LogP contribution in [0.25, 0.3) is 10.9 Å². The van der Waals surface area contributed by atoms with Crippen molar-refractivity contribution < 1.29 is 4.79 Å². The number of halogens is 2. The summed E-state index contributed by atoms with van der Waals surface area (Å²) in [6, 6.07) is 12.4. The van der Waals surface area contributed by atoms with Crippen molar-refractivity contribution in [3.8, 4) is 0 Å². The number of carbonyl (C=O) groups excluding carboxylic acids is 1. The summed E-state index contributed by atoms with van der Waals surface area (Å²) in [7, 11) is 0. The van der Waals surface area contributed by atoms with E-state index in [1.165, 1.54) is 0 Å². The van der Waals surface area contributed by atoms with Crippen LogP contribution in [0, 0.1) is 0 Å². The van der Waals surface area contributed by atoms with Gasteiger partial charge in [-0.2, -0.15) is 0 Å². The van der Waals surface area contributed by atoms with Gasteiger partial charge in [0.1, 0.15) is 5.82 Å². The second-order valence-corrected chi connectivity index (χ2v) is 7.49. The number of amides is 1. The van der Waals surface area contributed by atoms with E-state index in [1.807, 2.05) is 31.2 Å². The van der Waals surface area contributed by atoms with Gasteiger partial charge in [-0.15, -0.1) is 0 Å². The molecule has 146 valence electrons. The molecule has 0 radical (unpaired) electrons. The molecule has 3 aromatic rings. The third kappa shape index (κ3) is 5.12. The lowest BCUT2D eigenvalue weighted by Gasteiger charge is -2.22. The molecule has 5 nitrogen and oxygen atoms in total. The Morgan fingerprint density at radius 2 is 1.82 bits per heavy atom. The van der Waals surface area contributed by atoms with Gasteiger partial charge in [0, 0.05) is 23.0 Å². The predicted octanol–water partition coefficient (Wildman–Crippen LogP) is 4.60. The maximum absolute atomic E-state index is 12.7. The maximum atomic E-state index is 12.7. The van der Waals surface area contributed by atoms with Crippen molar-refractivity contribution in [2.45, 2.75) is 32.7 Å². The first-order chi connectivity index (χ1) is 13.5. The zero-order chi connectivity index (χ0) is 20.1. The van der Waals surface area contributed by atoms with Crippen LogP contribution in [0.3, 0.4) is 0 Å². The SMILES string of the molecule is CCCN(Cc1nc2cc(Cl)ccc2c(=O)[nH]1)C(=O)CCc1ccc(Cl)cc1. The Bertz CT molecular complexity index is 1030. The van der Waals surface area contributed by atoms with Gasteiger partial charge in [0.25, 0.3) is 5.56 Å². The lowest BCUT2D eigenvalue weighted by molar-refractivity contribution is -0.131. The van der Waals surface area contributed by atoms with Gasteiger partial charge < -0.3 is 9.88 Å². The number of hydrogen-bond acceptors (Lipinski definition) is 3. The molecule has 0 saturated carbocycles. The largest absolute Gasteiger partial charge is 0.335 e. The molecule has 0 aliphatic heterocycles. The Balaban J connectivity index is 1.74. The van der Waals surface area contributed by atoms with Crippen molar-refractivity contribution in [1.82, 2.24) is 14.9 Å². The van der Waals surface area contributed by atoms with Crippen LogP contribution in [-0.4, -0.2) is 27.3 Å². The zero-order valence-electron chi connectivity index (χ0n) is 15.5. The molecule has 0 aliphatic carbocycles. The second kappa shape index (κ2) is 9.22. The van der Waals surface area contributed by atoms with Crippen molar-refractivity contribution in [3.05, 3.63) is 74.3 Å². The van der Waals surface area contributed by atoms with Gasteiger partial charge in [-0.3, -0.25) is 9.59 Å². The van der Waals surface area contributed by atoms with E-state index in [2.05, 4.69) is 9.97 Å². The Hall–Kier alpha value is -2.37. The van der Waals surface area contributed by atoms with Gasteiger partial charge in [0.15, 0.2) is 0 Å². The number of nitrogens with one attached hydrogen (secondary N) is 1. The van der Waals surface area contributed by atoms with Gasteiger partial charge >= 0.3 is 0 Å². The fourth-order valence-corrected chi connectivity index (χ4v) is 3.33. The molecule has 0 spiro atoms. The van der Waals surface area contributed by atoms with E-state index in [0.717, 1.165) is 12.0 Å². The van der Waals surface area contributed by atoms with Gasteiger partial charge in [-0.05, 0) is 48.7 Å². The number of aryl methyl sites for hydroxylation is 1. The fraction of sp³-hybridized carbons (Fsp3) is 0.286. The molecule has 1 N–H and O–H groups in total. The average Bonchev–Trinajstić information content (AvgIpc) is 2.66. The summed E-state index contributed by atoms with van der Waals surface area (Å²) in [6.07, 6.45) is 1.83. The zero-order valence-corrected chi connectivity index (χ0v) is 17.1. The van der Waals surface area contributed by atoms with Crippen molar-refractivity contribution in [2.24, 2.45) is 0 Å². The van der Waals surface area contributed by atoms with Crippen molar-refractivity contribution in [2.75, 3.05) is 6.54 Å². The summed E-state index contributed by atoms with van der Waals surface area (Å²) in [5.74, 6) is 0.471. The summed E-state index contributed by atoms with van der Waals surface area (Å²) in [6.45, 7) is 2.86. The van der Waals surface area contributed by atoms with Crippen LogP contribution in [0.5, 0.6) is 0 Å². The number of aromatic nitrogens is 2. The lowest BCUT2D eigenvalue weighted by Crippen LogP contribution is -2.33. The first-order valence-corrected chi connectivity index (χ1v) is 9.92. The number of fused-ring (bicyclic) bond motifs is 1. The number of H-pyrrole nitrogens is 1. The van der Waals surface area contributed by atoms with Crippen LogP contribution >= 0.6 is 23.2 Å². The molecular formula is C21H21Cl2N3O2. The second-order valence-electron chi connectivity index (χ2n) is 6.62. The molecule has 0 aliphatic rings. The molecule has 1 amide bonds. The van der Waals surface area contributed by atoms with E-state index in [4.69, 9.17) is 23.2 Å². The van der Waals surface area contributed by atoms with E-state index in [9.17, 15) is 9.59 Å². The first kappa shape index (κ1) is 20.4. The highest BCUT2D eigenvalue weighted by molar-refractivity contribution is 6.31. The Labute approximate surface area is 173 Å². The molecule has 0 atom stereocenters. The highest BCUT2D eigenvalue weighted by Crippen LogP contribution is 2.16. The van der Waals surface area contributed by atoms with Crippen LogP contribution < -0.4 is 5.56 Å². The standard InChI is InChI=1S/C21H21Cl2N3O2/c1-2-11-26(20(27)10-5-14-3-6-15(22)7-4-14)13-19-24-18-12-16(23)8-9-17(18)21(28)25-19/h3-4,6-9,12H,2,5,10-11,13H2,1H3,(H,24,25,28). The van der Waals surface area contributed by atoms with Crippen molar-refractivity contribution >= 4 is 40.0 Å². The summed E-state index contributed by atoms with van der Waals surface area (Å²) in [5, 5.41) is 1.67. The van der Waals surface area contributed by atoms with Gasteiger partial charge in [-0.1, -0.05) is 42.3 Å². The molecule has 2 aromatic carbocycles. The van der Waals surface area contributed by atoms with Crippen LogP contribution in [0.2, 0.25) is 10.0 Å². The molecule has 0 bridgehead atoms. The number of carbonyl (C=O) groups is 1. The molecule has 7 heteroatoms. The quantitative estimate of drug-likeness (QED) is 0.610. The normalized spacial score (nSPS) is 11.0. The van der Waals surface area contributed by atoms with E-state index in [0.29, 0.717) is 46.2 Å². The first-order valence-electron chi connectivity index (χ1n) is 9.17. The monoisotopic (exact) mass is 417 g/mol. The smallest absolute Gasteiger partial charge is 0.258 e. The molecular weight excluding hydrogens is 397 g/mol. The van der Waals surface area contributed by atoms with E-state index >= 15 is 0 Å². The minimum atomic E-state index is -0.235. The van der Waals surface area contributed by atoms with Crippen molar-refractivity contribution in [1.29, 1.82) is 0 Å². The van der Waals surface area contributed by atoms with E-state index in [1.54, 1.807) is 23.1 Å². The molecule has 28 heavy (non-hydrogen) atoms. The fourth-order valence-electron chi connectivity index (χ4n) is 3.04. The van der Waals surface area contributed by atoms with Crippen LogP contribution in [0.15, 0.2) is 47.3 Å². The summed E-state index contributed by atoms with van der Waals surface area (Å²) < 4.78 is 0. The lowest BCUT2D eigenvalue weighted by atomic mass is 10.1. The van der Waals surface area contributed by atoms with Gasteiger partial charge in [0.05, 0.1) is 17.4 Å². The number of rotatable bonds is 7. The van der Waals surface area contributed by atoms with Crippen LogP contribution in [0.1, 0.15) is 31.2 Å². The number of benzene rings is 2. The number of nitrogens with zero attached hydrogens (tertiary/aromatic N) is 2. The third-order valence-corrected chi connectivity index (χ3v) is 4.93. The Morgan fingerprint density at radius 1 is 1.11 bits per heavy atom. The number of hydrogen-bond donors (Lipinski definition) is 1. The van der Waals surface area contributed by atoms with E-state index in [-0.39, 0.29) is 18.0 Å². The van der Waals surface area contributed by atoms with Gasteiger partial charge in [-0.25, -0.2) is 4.98 Å². The van der Waals surface area contributed by atoms with Crippen molar-refractivity contribution in [3.63, 3.8) is 0 Å². The van der Waals surface area contributed by atoms with Crippen LogP contribution in [0.4, 0.5) is 0 Å². The number of aromatic amines is 1. The highest BCUT2D eigenvalue weighted by atomic mass is 35.5. The minimum Gasteiger partial charge on any atom is -0.335 e. The van der Waals surface area contributed by atoms with Gasteiger partial charge in [0.2, 0.25) is 5.91 Å². The minimum absolute atomic E-state index is 0.0191. The Morgan fingerprint density at radius 3 is 2.54 bits per heavy atom. The summed E-state index contributed by atoms with van der Waals surface area (Å²) >= 11 is 11.9. The van der Waals surface area contributed by atoms with E-state index < -0.39 is 0 Å². The molecule has 1 aromatic heterocycles. The topological polar surface area (TPSA) is 66.1 Å². The third-order valence-electron chi connectivity index (χ3n) is 4.45. The molecule has 0 unspecified atom stereocenters. The summed E-state index contributed by atoms with van der Waals surface area (Å²) in [5.41, 5.74) is 1.35. The Kier molecular flexibility index (Phi) is 6.70. The maximum Gasteiger partial charge on any atom is 0.258 e. The molecule has 1 heterocycles. The molecule has 0 saturated heterocycles. The molecule has 0 fully saturated rings. The molecule has 3 rings (SSSR count). The van der Waals surface area contributed by atoms with Crippen LogP contribution in [-0.2, 0) is 17.8 Å². The highest BCUT2D eigenvalue weighted by Gasteiger charge is 2.15.